The highest BCUT2D eigenvalue weighted by Gasteiger charge is 2.25. The number of hydrogen-bond donors (Lipinski definition) is 1. The molecule has 1 aromatic heterocycles. The summed E-state index contributed by atoms with van der Waals surface area (Å²) >= 11 is 0. The first-order valence-electron chi connectivity index (χ1n) is 5.09. The Kier molecular flexibility index (Phi) is 3.27. The summed E-state index contributed by atoms with van der Waals surface area (Å²) in [6.07, 6.45) is 2.13. The van der Waals surface area contributed by atoms with Crippen LogP contribution >= 0.6 is 0 Å². The van der Waals surface area contributed by atoms with Crippen molar-refractivity contribution < 1.29 is 9.13 Å². The predicted octanol–water partition coefficient (Wildman–Crippen LogP) is 0.379. The Hall–Kier alpha value is -1.01. The lowest BCUT2D eigenvalue weighted by molar-refractivity contribution is -0.0898. The van der Waals surface area contributed by atoms with Gasteiger partial charge in [0.25, 0.3) is 0 Å². The first-order valence-corrected chi connectivity index (χ1v) is 5.09. The molecule has 2 heterocycles. The minimum Gasteiger partial charge on any atom is -0.347 e. The molecule has 0 aromatic carbocycles. The molecule has 6 heteroatoms. The molecular weight excluding hydrogens is 199 g/mol. The van der Waals surface area contributed by atoms with Crippen LogP contribution in [-0.2, 0) is 18.3 Å². The zero-order valence-corrected chi connectivity index (χ0v) is 8.69. The Morgan fingerprint density at radius 2 is 2.60 bits per heavy atom. The quantitative estimate of drug-likeness (QED) is 0.790. The Morgan fingerprint density at radius 3 is 3.27 bits per heavy atom. The first-order chi connectivity index (χ1) is 7.27. The summed E-state index contributed by atoms with van der Waals surface area (Å²) in [7, 11) is 1.86. The van der Waals surface area contributed by atoms with Crippen LogP contribution in [0.5, 0.6) is 0 Å². The van der Waals surface area contributed by atoms with Gasteiger partial charge >= 0.3 is 0 Å². The molecule has 2 unspecified atom stereocenters. The van der Waals surface area contributed by atoms with Crippen LogP contribution in [0.2, 0.25) is 0 Å². The number of rotatable bonds is 3. The topological polar surface area (TPSA) is 52.0 Å². The highest BCUT2D eigenvalue weighted by Crippen LogP contribution is 2.15. The minimum absolute atomic E-state index is 0.226. The van der Waals surface area contributed by atoms with E-state index in [4.69, 9.17) is 4.74 Å². The van der Waals surface area contributed by atoms with Crippen molar-refractivity contribution in [3.05, 3.63) is 12.2 Å². The first kappa shape index (κ1) is 10.5. The lowest BCUT2D eigenvalue weighted by Gasteiger charge is -2.26. The lowest BCUT2D eigenvalue weighted by atomic mass is 10.1. The molecule has 1 saturated heterocycles. The van der Waals surface area contributed by atoms with Gasteiger partial charge in [-0.1, -0.05) is 0 Å². The molecule has 0 spiro atoms. The molecule has 1 fully saturated rings. The zero-order valence-electron chi connectivity index (χ0n) is 8.69. The Labute approximate surface area is 87.6 Å². The molecular formula is C9H15FN4O. The summed E-state index contributed by atoms with van der Waals surface area (Å²) in [4.78, 5) is 0. The molecule has 84 valence electrons. The van der Waals surface area contributed by atoms with Crippen molar-refractivity contribution in [1.82, 2.24) is 20.1 Å². The van der Waals surface area contributed by atoms with Crippen LogP contribution in [0, 0.1) is 0 Å². The largest absolute Gasteiger partial charge is 0.347 e. The summed E-state index contributed by atoms with van der Waals surface area (Å²) < 4.78 is 20.0. The molecule has 1 aliphatic heterocycles. The van der Waals surface area contributed by atoms with Crippen LogP contribution in [0.3, 0.4) is 0 Å². The van der Waals surface area contributed by atoms with E-state index >= 15 is 0 Å². The molecule has 1 aliphatic rings. The highest BCUT2D eigenvalue weighted by molar-refractivity contribution is 4.85. The number of hydrogen-bond acceptors (Lipinski definition) is 4. The van der Waals surface area contributed by atoms with Gasteiger partial charge in [-0.3, -0.25) is 0 Å². The van der Waals surface area contributed by atoms with E-state index < -0.39 is 6.36 Å². The fraction of sp³-hybridized carbons (Fsp3) is 0.778. The van der Waals surface area contributed by atoms with Crippen molar-refractivity contribution in [3.8, 4) is 0 Å². The minimum atomic E-state index is -1.20. The van der Waals surface area contributed by atoms with E-state index in [9.17, 15) is 4.39 Å². The van der Waals surface area contributed by atoms with E-state index in [0.29, 0.717) is 13.2 Å². The van der Waals surface area contributed by atoms with Gasteiger partial charge in [0.2, 0.25) is 6.36 Å². The van der Waals surface area contributed by atoms with E-state index in [1.54, 1.807) is 6.33 Å². The smallest absolute Gasteiger partial charge is 0.214 e. The van der Waals surface area contributed by atoms with E-state index in [0.717, 1.165) is 18.7 Å². The second kappa shape index (κ2) is 4.67. The van der Waals surface area contributed by atoms with Crippen molar-refractivity contribution in [2.45, 2.75) is 31.8 Å². The van der Waals surface area contributed by atoms with Gasteiger partial charge in [0.15, 0.2) is 0 Å². The molecule has 15 heavy (non-hydrogen) atoms. The number of nitrogens with one attached hydrogen (secondary N) is 1. The van der Waals surface area contributed by atoms with Crippen LogP contribution in [0.1, 0.15) is 18.7 Å². The maximum atomic E-state index is 13.2. The van der Waals surface area contributed by atoms with Crippen LogP contribution in [0.4, 0.5) is 4.39 Å². The summed E-state index contributed by atoms with van der Waals surface area (Å²) in [5.74, 6) is 0.799. The highest BCUT2D eigenvalue weighted by atomic mass is 19.1. The van der Waals surface area contributed by atoms with Crippen LogP contribution in [-0.4, -0.2) is 33.8 Å². The number of nitrogens with zero attached hydrogens (tertiary/aromatic N) is 3. The summed E-state index contributed by atoms with van der Waals surface area (Å²) in [6, 6.07) is -0.226. The number of aryl methyl sites for hydroxylation is 1. The molecule has 0 saturated carbocycles. The summed E-state index contributed by atoms with van der Waals surface area (Å²) in [5, 5.41) is 10.8. The van der Waals surface area contributed by atoms with E-state index in [1.165, 1.54) is 0 Å². The van der Waals surface area contributed by atoms with Crippen LogP contribution < -0.4 is 5.32 Å². The van der Waals surface area contributed by atoms with Gasteiger partial charge < -0.3 is 14.6 Å². The summed E-state index contributed by atoms with van der Waals surface area (Å²) in [5.41, 5.74) is 0. The van der Waals surface area contributed by atoms with Crippen molar-refractivity contribution in [2.75, 3.05) is 6.61 Å². The van der Waals surface area contributed by atoms with E-state index in [-0.39, 0.29) is 6.04 Å². The van der Waals surface area contributed by atoms with E-state index in [2.05, 4.69) is 15.5 Å². The Morgan fingerprint density at radius 1 is 1.73 bits per heavy atom. The average molecular weight is 214 g/mol. The molecule has 5 nitrogen and oxygen atoms in total. The van der Waals surface area contributed by atoms with Gasteiger partial charge in [-0.25, -0.2) is 4.39 Å². The van der Waals surface area contributed by atoms with Crippen LogP contribution in [0.15, 0.2) is 6.33 Å². The van der Waals surface area contributed by atoms with Crippen LogP contribution in [0.25, 0.3) is 0 Å². The standard InChI is InChI=1S/C9H15FN4O/c1-14-6-12-13-8(14)5-11-7-3-2-4-15-9(7)10/h6-7,9,11H,2-5H2,1H3. The van der Waals surface area contributed by atoms with Crippen molar-refractivity contribution in [2.24, 2.45) is 7.05 Å². The molecule has 2 atom stereocenters. The molecule has 0 aliphatic carbocycles. The number of alkyl halides is 1. The molecule has 1 N–H and O–H groups in total. The second-order valence-electron chi connectivity index (χ2n) is 3.71. The van der Waals surface area contributed by atoms with Gasteiger partial charge in [0, 0.05) is 7.05 Å². The third-order valence-electron chi connectivity index (χ3n) is 2.58. The maximum Gasteiger partial charge on any atom is 0.214 e. The Balaban J connectivity index is 1.84. The normalized spacial score (nSPS) is 26.8. The maximum absolute atomic E-state index is 13.2. The number of aromatic nitrogens is 3. The van der Waals surface area contributed by atoms with Gasteiger partial charge in [-0.05, 0) is 12.8 Å². The second-order valence-corrected chi connectivity index (χ2v) is 3.71. The predicted molar refractivity (Wildman–Crippen MR) is 51.7 cm³/mol. The van der Waals surface area contributed by atoms with Gasteiger partial charge in [-0.2, -0.15) is 0 Å². The molecule has 0 radical (unpaired) electrons. The van der Waals surface area contributed by atoms with Gasteiger partial charge in [-0.15, -0.1) is 10.2 Å². The third kappa shape index (κ3) is 2.51. The molecule has 0 bridgehead atoms. The number of ether oxygens (including phenoxy) is 1. The fourth-order valence-electron chi connectivity index (χ4n) is 1.63. The third-order valence-corrected chi connectivity index (χ3v) is 2.58. The van der Waals surface area contributed by atoms with E-state index in [1.807, 2.05) is 11.6 Å². The summed E-state index contributed by atoms with van der Waals surface area (Å²) in [6.45, 7) is 1.04. The van der Waals surface area contributed by atoms with Gasteiger partial charge in [0.05, 0.1) is 19.2 Å². The monoisotopic (exact) mass is 214 g/mol. The van der Waals surface area contributed by atoms with Gasteiger partial charge in [0.1, 0.15) is 12.2 Å². The van der Waals surface area contributed by atoms with Crippen molar-refractivity contribution in [3.63, 3.8) is 0 Å². The number of halogens is 1. The van der Waals surface area contributed by atoms with Crippen molar-refractivity contribution >= 4 is 0 Å². The van der Waals surface area contributed by atoms with Crippen molar-refractivity contribution in [1.29, 1.82) is 0 Å². The molecule has 0 amide bonds. The molecule has 1 aromatic rings. The lowest BCUT2D eigenvalue weighted by Crippen LogP contribution is -2.42. The fourth-order valence-corrected chi connectivity index (χ4v) is 1.63. The average Bonchev–Trinajstić information content (AvgIpc) is 2.63. The zero-order chi connectivity index (χ0) is 10.7. The Bertz CT molecular complexity index is 317. The molecule has 2 rings (SSSR count). The SMILES string of the molecule is Cn1cnnc1CNC1CCCOC1F.